The maximum Gasteiger partial charge on any atom is 0.128 e. The third kappa shape index (κ3) is 3.32. The molecule has 0 atom stereocenters. The van der Waals surface area contributed by atoms with Gasteiger partial charge < -0.3 is 10.2 Å². The van der Waals surface area contributed by atoms with Crippen LogP contribution in [-0.2, 0) is 6.54 Å². The minimum Gasteiger partial charge on any atom is -0.380 e. The third-order valence-electron chi connectivity index (χ3n) is 3.86. The minimum atomic E-state index is -0.172. The van der Waals surface area contributed by atoms with Crippen molar-refractivity contribution in [1.29, 1.82) is 0 Å². The molecule has 3 rings (SSSR count). The molecule has 4 heteroatoms. The standard InChI is InChI=1S/C17H20FN3/c1-13-4-6-16(18)14(10-13)11-19-15-5-7-17(20-12-15)21-8-2-3-9-21/h4-7,10,12,19H,2-3,8-9,11H2,1H3. The highest BCUT2D eigenvalue weighted by Gasteiger charge is 2.12. The van der Waals surface area contributed by atoms with Crippen LogP contribution in [0.1, 0.15) is 24.0 Å². The van der Waals surface area contributed by atoms with Gasteiger partial charge in [-0.05, 0) is 38.0 Å². The molecule has 1 aliphatic rings. The van der Waals surface area contributed by atoms with E-state index in [4.69, 9.17) is 0 Å². The molecule has 0 spiro atoms. The Kier molecular flexibility index (Phi) is 4.04. The summed E-state index contributed by atoms with van der Waals surface area (Å²) < 4.78 is 13.7. The van der Waals surface area contributed by atoms with E-state index in [0.29, 0.717) is 12.1 Å². The fourth-order valence-corrected chi connectivity index (χ4v) is 2.66. The summed E-state index contributed by atoms with van der Waals surface area (Å²) in [5, 5.41) is 3.23. The molecule has 1 N–H and O–H groups in total. The van der Waals surface area contributed by atoms with Gasteiger partial charge in [0, 0.05) is 25.2 Å². The summed E-state index contributed by atoms with van der Waals surface area (Å²) >= 11 is 0. The molecule has 1 saturated heterocycles. The zero-order chi connectivity index (χ0) is 14.7. The second-order valence-corrected chi connectivity index (χ2v) is 5.55. The van der Waals surface area contributed by atoms with Gasteiger partial charge in [0.1, 0.15) is 11.6 Å². The monoisotopic (exact) mass is 285 g/mol. The molecule has 1 fully saturated rings. The van der Waals surface area contributed by atoms with E-state index in [2.05, 4.69) is 15.2 Å². The molecular weight excluding hydrogens is 265 g/mol. The van der Waals surface area contributed by atoms with Gasteiger partial charge >= 0.3 is 0 Å². The van der Waals surface area contributed by atoms with Gasteiger partial charge in [0.15, 0.2) is 0 Å². The Balaban J connectivity index is 1.64. The van der Waals surface area contributed by atoms with Crippen LogP contribution in [0.3, 0.4) is 0 Å². The molecule has 3 nitrogen and oxygen atoms in total. The van der Waals surface area contributed by atoms with Gasteiger partial charge in [-0.2, -0.15) is 0 Å². The first kappa shape index (κ1) is 13.9. The van der Waals surface area contributed by atoms with Gasteiger partial charge in [-0.15, -0.1) is 0 Å². The Morgan fingerprint density at radius 1 is 1.19 bits per heavy atom. The van der Waals surface area contributed by atoms with Crippen molar-refractivity contribution in [1.82, 2.24) is 4.98 Å². The highest BCUT2D eigenvalue weighted by molar-refractivity contribution is 5.49. The highest BCUT2D eigenvalue weighted by Crippen LogP contribution is 2.19. The number of pyridine rings is 1. The lowest BCUT2D eigenvalue weighted by molar-refractivity contribution is 0.612. The predicted octanol–water partition coefficient (Wildman–Crippen LogP) is 3.74. The van der Waals surface area contributed by atoms with Gasteiger partial charge in [0.2, 0.25) is 0 Å². The summed E-state index contributed by atoms with van der Waals surface area (Å²) in [7, 11) is 0. The van der Waals surface area contributed by atoms with Crippen LogP contribution < -0.4 is 10.2 Å². The molecule has 0 saturated carbocycles. The molecule has 2 aromatic rings. The fraction of sp³-hybridized carbons (Fsp3) is 0.353. The Morgan fingerprint density at radius 2 is 2.00 bits per heavy atom. The van der Waals surface area contributed by atoms with E-state index in [-0.39, 0.29) is 5.82 Å². The number of rotatable bonds is 4. The number of aryl methyl sites for hydroxylation is 1. The zero-order valence-corrected chi connectivity index (χ0v) is 12.3. The second kappa shape index (κ2) is 6.12. The smallest absolute Gasteiger partial charge is 0.128 e. The molecule has 1 aromatic heterocycles. The van der Waals surface area contributed by atoms with Crippen molar-refractivity contribution in [2.75, 3.05) is 23.3 Å². The molecule has 0 unspecified atom stereocenters. The molecule has 2 heterocycles. The van der Waals surface area contributed by atoms with Crippen molar-refractivity contribution < 1.29 is 4.39 Å². The Morgan fingerprint density at radius 3 is 2.71 bits per heavy atom. The van der Waals surface area contributed by atoms with Crippen molar-refractivity contribution in [3.8, 4) is 0 Å². The van der Waals surface area contributed by atoms with Crippen LogP contribution in [0.4, 0.5) is 15.9 Å². The summed E-state index contributed by atoms with van der Waals surface area (Å²) in [6.45, 7) is 4.62. The number of hydrogen-bond donors (Lipinski definition) is 1. The van der Waals surface area contributed by atoms with Crippen molar-refractivity contribution in [2.45, 2.75) is 26.3 Å². The molecular formula is C17H20FN3. The van der Waals surface area contributed by atoms with E-state index >= 15 is 0 Å². The van der Waals surface area contributed by atoms with Gasteiger partial charge in [0.05, 0.1) is 11.9 Å². The van der Waals surface area contributed by atoms with Crippen LogP contribution >= 0.6 is 0 Å². The SMILES string of the molecule is Cc1ccc(F)c(CNc2ccc(N3CCCC3)nc2)c1. The number of aromatic nitrogens is 1. The Hall–Kier alpha value is -2.10. The zero-order valence-electron chi connectivity index (χ0n) is 12.3. The summed E-state index contributed by atoms with van der Waals surface area (Å²) in [6.07, 6.45) is 4.31. The lowest BCUT2D eigenvalue weighted by Crippen LogP contribution is -2.18. The summed E-state index contributed by atoms with van der Waals surface area (Å²) in [5.41, 5.74) is 2.66. The number of anilines is 2. The van der Waals surface area contributed by atoms with Crippen molar-refractivity contribution in [3.63, 3.8) is 0 Å². The molecule has 0 aliphatic carbocycles. The first-order valence-electron chi connectivity index (χ1n) is 7.42. The maximum atomic E-state index is 13.7. The minimum absolute atomic E-state index is 0.172. The lowest BCUT2D eigenvalue weighted by atomic mass is 10.1. The first-order valence-corrected chi connectivity index (χ1v) is 7.42. The third-order valence-corrected chi connectivity index (χ3v) is 3.86. The largest absolute Gasteiger partial charge is 0.380 e. The first-order chi connectivity index (χ1) is 10.2. The molecule has 1 aliphatic heterocycles. The average molecular weight is 285 g/mol. The quantitative estimate of drug-likeness (QED) is 0.927. The van der Waals surface area contributed by atoms with E-state index in [1.54, 1.807) is 6.07 Å². The van der Waals surface area contributed by atoms with Crippen molar-refractivity contribution >= 4 is 11.5 Å². The van der Waals surface area contributed by atoms with Gasteiger partial charge in [-0.25, -0.2) is 9.37 Å². The van der Waals surface area contributed by atoms with Crippen molar-refractivity contribution in [2.24, 2.45) is 0 Å². The van der Waals surface area contributed by atoms with Crippen LogP contribution in [0, 0.1) is 12.7 Å². The molecule has 1 aromatic carbocycles. The van der Waals surface area contributed by atoms with E-state index in [0.717, 1.165) is 30.2 Å². The van der Waals surface area contributed by atoms with Crippen LogP contribution in [0.15, 0.2) is 36.5 Å². The fourth-order valence-electron chi connectivity index (χ4n) is 2.66. The summed E-state index contributed by atoms with van der Waals surface area (Å²) in [4.78, 5) is 6.78. The normalized spacial score (nSPS) is 14.5. The van der Waals surface area contributed by atoms with Gasteiger partial charge in [0.25, 0.3) is 0 Å². The summed E-state index contributed by atoms with van der Waals surface area (Å²) in [5.74, 6) is 0.856. The van der Waals surface area contributed by atoms with Crippen molar-refractivity contribution in [3.05, 3.63) is 53.5 Å². The lowest BCUT2D eigenvalue weighted by Gasteiger charge is -2.16. The van der Waals surface area contributed by atoms with E-state index in [9.17, 15) is 4.39 Å². The van der Waals surface area contributed by atoms with E-state index < -0.39 is 0 Å². The molecule has 21 heavy (non-hydrogen) atoms. The van der Waals surface area contributed by atoms with Gasteiger partial charge in [-0.1, -0.05) is 17.7 Å². The second-order valence-electron chi connectivity index (χ2n) is 5.55. The highest BCUT2D eigenvalue weighted by atomic mass is 19.1. The van der Waals surface area contributed by atoms with Crippen LogP contribution in [0.25, 0.3) is 0 Å². The molecule has 0 radical (unpaired) electrons. The Bertz CT molecular complexity index is 604. The molecule has 0 amide bonds. The number of halogens is 1. The number of hydrogen-bond acceptors (Lipinski definition) is 3. The van der Waals surface area contributed by atoms with Crippen LogP contribution in [0.5, 0.6) is 0 Å². The predicted molar refractivity (Wildman–Crippen MR) is 84.1 cm³/mol. The van der Waals surface area contributed by atoms with Gasteiger partial charge in [-0.3, -0.25) is 0 Å². The number of nitrogens with zero attached hydrogens (tertiary/aromatic N) is 2. The maximum absolute atomic E-state index is 13.7. The Labute approximate surface area is 124 Å². The van der Waals surface area contributed by atoms with Crippen LogP contribution in [0.2, 0.25) is 0 Å². The van der Waals surface area contributed by atoms with E-state index in [1.165, 1.54) is 18.9 Å². The molecule has 110 valence electrons. The molecule has 0 bridgehead atoms. The number of benzene rings is 1. The average Bonchev–Trinajstić information content (AvgIpc) is 3.03. The topological polar surface area (TPSA) is 28.2 Å². The van der Waals surface area contributed by atoms with Crippen LogP contribution in [-0.4, -0.2) is 18.1 Å². The number of nitrogens with one attached hydrogen (secondary N) is 1. The van der Waals surface area contributed by atoms with E-state index in [1.807, 2.05) is 31.3 Å². The summed E-state index contributed by atoms with van der Waals surface area (Å²) in [6, 6.07) is 9.20.